The van der Waals surface area contributed by atoms with Gasteiger partial charge in [0, 0.05) is 5.92 Å². The lowest BCUT2D eigenvalue weighted by molar-refractivity contribution is -0.146. The fourth-order valence-corrected chi connectivity index (χ4v) is 2.26. The highest BCUT2D eigenvalue weighted by atomic mass is 16.5. The number of esters is 1. The Hall–Kier alpha value is -1.55. The van der Waals surface area contributed by atoms with Crippen molar-refractivity contribution in [1.82, 2.24) is 0 Å². The number of nitrogens with two attached hydrogens (primary N) is 1. The van der Waals surface area contributed by atoms with Crippen LogP contribution in [0.15, 0.2) is 24.3 Å². The Bertz CT molecular complexity index is 472. The van der Waals surface area contributed by atoms with E-state index in [9.17, 15) is 4.79 Å². The van der Waals surface area contributed by atoms with Crippen molar-refractivity contribution in [3.8, 4) is 5.75 Å². The van der Waals surface area contributed by atoms with Gasteiger partial charge in [0.1, 0.15) is 11.3 Å². The summed E-state index contributed by atoms with van der Waals surface area (Å²) < 4.78 is 10.7. The van der Waals surface area contributed by atoms with Crippen molar-refractivity contribution in [3.63, 3.8) is 0 Å². The van der Waals surface area contributed by atoms with Gasteiger partial charge in [0.2, 0.25) is 0 Å². The summed E-state index contributed by atoms with van der Waals surface area (Å²) in [5.41, 5.74) is 6.27. The Morgan fingerprint density at radius 2 is 2.26 bits per heavy atom. The minimum atomic E-state index is -0.855. The second-order valence-electron chi connectivity index (χ2n) is 5.26. The molecule has 2 N–H and O–H groups in total. The smallest absolute Gasteiger partial charge is 0.326 e. The minimum absolute atomic E-state index is 0.0299. The lowest BCUT2D eigenvalue weighted by atomic mass is 10.1. The maximum absolute atomic E-state index is 11.8. The topological polar surface area (TPSA) is 61.5 Å². The van der Waals surface area contributed by atoms with Crippen LogP contribution in [0, 0.1) is 0 Å². The lowest BCUT2D eigenvalue weighted by Crippen LogP contribution is -2.36. The van der Waals surface area contributed by atoms with Gasteiger partial charge in [-0.15, -0.1) is 0 Å². The summed E-state index contributed by atoms with van der Waals surface area (Å²) in [6, 6.07) is 7.77. The number of ether oxygens (including phenoxy) is 2. The molecule has 1 fully saturated rings. The zero-order valence-electron chi connectivity index (χ0n) is 11.7. The molecule has 4 nitrogen and oxygen atoms in total. The van der Waals surface area contributed by atoms with E-state index in [2.05, 4.69) is 0 Å². The van der Waals surface area contributed by atoms with Crippen LogP contribution < -0.4 is 10.5 Å². The summed E-state index contributed by atoms with van der Waals surface area (Å²) in [5, 5.41) is 0. The highest BCUT2D eigenvalue weighted by molar-refractivity contribution is 5.86. The molecule has 2 unspecified atom stereocenters. The Kier molecular flexibility index (Phi) is 3.80. The summed E-state index contributed by atoms with van der Waals surface area (Å²) in [5.74, 6) is 0.531. The number of hydrogen-bond acceptors (Lipinski definition) is 4. The standard InChI is InChI=1S/C15H21NO3/c1-4-18-14(17)15(16)9-13(15)11-6-5-7-12(8-11)19-10(2)3/h5-8,10,13H,4,9,16H2,1-3H3. The van der Waals surface area contributed by atoms with Crippen LogP contribution in [-0.2, 0) is 9.53 Å². The van der Waals surface area contributed by atoms with E-state index < -0.39 is 5.54 Å². The van der Waals surface area contributed by atoms with E-state index in [4.69, 9.17) is 15.2 Å². The average Bonchev–Trinajstić information content (AvgIpc) is 3.03. The predicted octanol–water partition coefficient (Wildman–Crippen LogP) is 2.22. The molecule has 2 rings (SSSR count). The highest BCUT2D eigenvalue weighted by Gasteiger charge is 2.59. The van der Waals surface area contributed by atoms with Crippen molar-refractivity contribution >= 4 is 5.97 Å². The lowest BCUT2D eigenvalue weighted by Gasteiger charge is -2.13. The van der Waals surface area contributed by atoms with Crippen molar-refractivity contribution in [2.45, 2.75) is 44.8 Å². The van der Waals surface area contributed by atoms with Crippen LogP contribution in [0.2, 0.25) is 0 Å². The van der Waals surface area contributed by atoms with E-state index >= 15 is 0 Å². The fraction of sp³-hybridized carbons (Fsp3) is 0.533. The van der Waals surface area contributed by atoms with Crippen LogP contribution in [0.5, 0.6) is 5.75 Å². The molecule has 19 heavy (non-hydrogen) atoms. The summed E-state index contributed by atoms with van der Waals surface area (Å²) in [4.78, 5) is 11.8. The first-order chi connectivity index (χ1) is 8.97. The molecule has 1 aromatic carbocycles. The van der Waals surface area contributed by atoms with Crippen LogP contribution in [0.1, 0.15) is 38.7 Å². The SMILES string of the molecule is CCOC(=O)C1(N)CC1c1cccc(OC(C)C)c1. The van der Waals surface area contributed by atoms with Gasteiger partial charge < -0.3 is 15.2 Å². The van der Waals surface area contributed by atoms with Gasteiger partial charge in [-0.05, 0) is 44.9 Å². The summed E-state index contributed by atoms with van der Waals surface area (Å²) in [6.07, 6.45) is 0.763. The van der Waals surface area contributed by atoms with Crippen LogP contribution in [-0.4, -0.2) is 24.2 Å². The minimum Gasteiger partial charge on any atom is -0.491 e. The molecule has 0 spiro atoms. The van der Waals surface area contributed by atoms with Gasteiger partial charge in [-0.3, -0.25) is 4.79 Å². The summed E-state index contributed by atoms with van der Waals surface area (Å²) in [6.45, 7) is 6.11. The number of carbonyl (C=O) groups is 1. The zero-order valence-corrected chi connectivity index (χ0v) is 11.7. The van der Waals surface area contributed by atoms with Gasteiger partial charge in [0.05, 0.1) is 12.7 Å². The van der Waals surface area contributed by atoms with Gasteiger partial charge in [-0.25, -0.2) is 0 Å². The Morgan fingerprint density at radius 3 is 2.89 bits per heavy atom. The molecule has 2 atom stereocenters. The van der Waals surface area contributed by atoms with E-state index in [0.717, 1.165) is 11.3 Å². The van der Waals surface area contributed by atoms with Gasteiger partial charge >= 0.3 is 5.97 Å². The third-order valence-electron chi connectivity index (χ3n) is 3.29. The fourth-order valence-electron chi connectivity index (χ4n) is 2.26. The molecule has 0 amide bonds. The normalized spacial score (nSPS) is 25.2. The van der Waals surface area contributed by atoms with E-state index in [1.54, 1.807) is 6.92 Å². The van der Waals surface area contributed by atoms with Crippen LogP contribution in [0.4, 0.5) is 0 Å². The molecule has 0 radical (unpaired) electrons. The van der Waals surface area contributed by atoms with Gasteiger partial charge in [0.25, 0.3) is 0 Å². The van der Waals surface area contributed by atoms with Crippen molar-refractivity contribution in [2.24, 2.45) is 5.73 Å². The van der Waals surface area contributed by atoms with Gasteiger partial charge in [-0.2, -0.15) is 0 Å². The number of carbonyl (C=O) groups excluding carboxylic acids is 1. The van der Waals surface area contributed by atoms with E-state index in [0.29, 0.717) is 13.0 Å². The molecule has 1 aliphatic rings. The Balaban J connectivity index is 2.10. The summed E-state index contributed by atoms with van der Waals surface area (Å²) in [7, 11) is 0. The van der Waals surface area contributed by atoms with Crippen molar-refractivity contribution in [1.29, 1.82) is 0 Å². The molecular formula is C15H21NO3. The Labute approximate surface area is 113 Å². The molecule has 1 aromatic rings. The molecule has 0 saturated heterocycles. The predicted molar refractivity (Wildman–Crippen MR) is 73.1 cm³/mol. The molecule has 0 aliphatic heterocycles. The van der Waals surface area contributed by atoms with E-state index in [1.165, 1.54) is 0 Å². The second kappa shape index (κ2) is 5.21. The molecule has 104 valence electrons. The Morgan fingerprint density at radius 1 is 1.53 bits per heavy atom. The van der Waals surface area contributed by atoms with E-state index in [-0.39, 0.29) is 18.0 Å². The molecular weight excluding hydrogens is 242 g/mol. The van der Waals surface area contributed by atoms with Crippen LogP contribution in [0.3, 0.4) is 0 Å². The average molecular weight is 263 g/mol. The maximum Gasteiger partial charge on any atom is 0.326 e. The van der Waals surface area contributed by atoms with Gasteiger partial charge in [0.15, 0.2) is 0 Å². The third kappa shape index (κ3) is 2.89. The molecule has 0 heterocycles. The molecule has 4 heteroatoms. The largest absolute Gasteiger partial charge is 0.491 e. The highest BCUT2D eigenvalue weighted by Crippen LogP contribution is 2.50. The van der Waals surface area contributed by atoms with Crippen molar-refractivity contribution in [2.75, 3.05) is 6.61 Å². The van der Waals surface area contributed by atoms with Crippen LogP contribution >= 0.6 is 0 Å². The van der Waals surface area contributed by atoms with Crippen LogP contribution in [0.25, 0.3) is 0 Å². The second-order valence-corrected chi connectivity index (χ2v) is 5.26. The van der Waals surface area contributed by atoms with Crippen molar-refractivity contribution < 1.29 is 14.3 Å². The quantitative estimate of drug-likeness (QED) is 0.827. The molecule has 0 aromatic heterocycles. The maximum atomic E-state index is 11.8. The first kappa shape index (κ1) is 13.9. The first-order valence-corrected chi connectivity index (χ1v) is 6.70. The molecule has 1 aliphatic carbocycles. The zero-order chi connectivity index (χ0) is 14.0. The van der Waals surface area contributed by atoms with Gasteiger partial charge in [-0.1, -0.05) is 12.1 Å². The van der Waals surface area contributed by atoms with Crippen molar-refractivity contribution in [3.05, 3.63) is 29.8 Å². The number of hydrogen-bond donors (Lipinski definition) is 1. The summed E-state index contributed by atoms with van der Waals surface area (Å²) >= 11 is 0. The first-order valence-electron chi connectivity index (χ1n) is 6.70. The van der Waals surface area contributed by atoms with E-state index in [1.807, 2.05) is 38.1 Å². The third-order valence-corrected chi connectivity index (χ3v) is 3.29. The number of rotatable bonds is 5. The number of benzene rings is 1. The molecule has 0 bridgehead atoms. The monoisotopic (exact) mass is 263 g/mol. The molecule has 1 saturated carbocycles.